The maximum atomic E-state index is 9.53. The second-order valence-corrected chi connectivity index (χ2v) is 6.06. The molecule has 0 fully saturated rings. The summed E-state index contributed by atoms with van der Waals surface area (Å²) >= 11 is 5.97. The van der Waals surface area contributed by atoms with E-state index in [0.29, 0.717) is 16.5 Å². The van der Waals surface area contributed by atoms with Crippen LogP contribution in [-0.4, -0.2) is 14.6 Å². The molecular formula is C19H13ClN6. The highest BCUT2D eigenvalue weighted by molar-refractivity contribution is 6.30. The largest absolute Gasteiger partial charge is 0.382 e. The molecule has 6 nitrogen and oxygen atoms in total. The molecule has 4 aromatic rings. The molecule has 7 heteroatoms. The van der Waals surface area contributed by atoms with Crippen LogP contribution >= 0.6 is 11.6 Å². The van der Waals surface area contributed by atoms with Crippen LogP contribution in [0.25, 0.3) is 16.8 Å². The molecule has 0 bridgehead atoms. The van der Waals surface area contributed by atoms with Crippen LogP contribution in [0.15, 0.2) is 60.8 Å². The van der Waals surface area contributed by atoms with Crippen molar-refractivity contribution in [3.8, 4) is 17.2 Å². The maximum absolute atomic E-state index is 9.53. The van der Waals surface area contributed by atoms with Crippen LogP contribution < -0.4 is 11.1 Å². The Balaban J connectivity index is 1.90. The predicted octanol–water partition coefficient (Wildman–Crippen LogP) is 4.25. The first-order valence-corrected chi connectivity index (χ1v) is 8.20. The fourth-order valence-corrected chi connectivity index (χ4v) is 2.83. The fraction of sp³-hybridized carbons (Fsp3) is 0. The Morgan fingerprint density at radius 3 is 2.50 bits per heavy atom. The molecule has 2 heterocycles. The Morgan fingerprint density at radius 1 is 1.08 bits per heavy atom. The lowest BCUT2D eigenvalue weighted by Gasteiger charge is -2.11. The normalized spacial score (nSPS) is 10.6. The summed E-state index contributed by atoms with van der Waals surface area (Å²) in [7, 11) is 0. The van der Waals surface area contributed by atoms with Crippen molar-refractivity contribution in [3.63, 3.8) is 0 Å². The van der Waals surface area contributed by atoms with Crippen molar-refractivity contribution < 1.29 is 0 Å². The minimum Gasteiger partial charge on any atom is -0.382 e. The van der Waals surface area contributed by atoms with Crippen LogP contribution in [0.2, 0.25) is 5.02 Å². The van der Waals surface area contributed by atoms with E-state index in [2.05, 4.69) is 21.5 Å². The number of nitriles is 1. The van der Waals surface area contributed by atoms with Gasteiger partial charge in [0.15, 0.2) is 11.5 Å². The molecule has 0 radical (unpaired) electrons. The van der Waals surface area contributed by atoms with Crippen molar-refractivity contribution >= 4 is 34.6 Å². The van der Waals surface area contributed by atoms with Gasteiger partial charge in [-0.2, -0.15) is 14.9 Å². The Labute approximate surface area is 154 Å². The van der Waals surface area contributed by atoms with Crippen LogP contribution in [0.5, 0.6) is 0 Å². The number of fused-ring (bicyclic) bond motifs is 1. The van der Waals surface area contributed by atoms with Crippen LogP contribution in [0.1, 0.15) is 5.56 Å². The van der Waals surface area contributed by atoms with Gasteiger partial charge in [-0.25, -0.2) is 4.98 Å². The van der Waals surface area contributed by atoms with Gasteiger partial charge in [-0.05, 0) is 29.8 Å². The van der Waals surface area contributed by atoms with Gasteiger partial charge in [0.05, 0.1) is 6.20 Å². The summed E-state index contributed by atoms with van der Waals surface area (Å²) in [5.74, 6) is 0.621. The summed E-state index contributed by atoms with van der Waals surface area (Å²) < 4.78 is 1.47. The standard InChI is InChI=1S/C19H13ClN6/c20-13-8-6-12(7-9-13)16-11-23-26-17(22)15(10-21)18(25-19(16)26)24-14-4-2-1-3-5-14/h1-9,11H,22H2,(H,24,25). The molecule has 0 amide bonds. The topological polar surface area (TPSA) is 92.0 Å². The van der Waals surface area contributed by atoms with Crippen molar-refractivity contribution in [1.82, 2.24) is 14.6 Å². The number of nitrogens with zero attached hydrogens (tertiary/aromatic N) is 4. The van der Waals surface area contributed by atoms with Gasteiger partial charge in [-0.15, -0.1) is 0 Å². The van der Waals surface area contributed by atoms with Gasteiger partial charge < -0.3 is 11.1 Å². The SMILES string of the molecule is N#Cc1c(Nc2ccccc2)nc2c(-c3ccc(Cl)cc3)cnn2c1N. The fourth-order valence-electron chi connectivity index (χ4n) is 2.71. The Hall–Kier alpha value is -3.56. The molecule has 0 aliphatic heterocycles. The lowest BCUT2D eigenvalue weighted by molar-refractivity contribution is 0.949. The number of nitrogens with two attached hydrogens (primary N) is 1. The maximum Gasteiger partial charge on any atom is 0.167 e. The van der Waals surface area contributed by atoms with Gasteiger partial charge in [0.25, 0.3) is 0 Å². The number of anilines is 3. The molecule has 4 rings (SSSR count). The average molecular weight is 361 g/mol. The van der Waals surface area contributed by atoms with Gasteiger partial charge in [0.1, 0.15) is 17.5 Å². The third-order valence-corrected chi connectivity index (χ3v) is 4.24. The minimum atomic E-state index is 0.233. The van der Waals surface area contributed by atoms with Crippen molar-refractivity contribution in [2.75, 3.05) is 11.1 Å². The Bertz CT molecular complexity index is 1130. The summed E-state index contributed by atoms with van der Waals surface area (Å²) in [5.41, 5.74) is 9.50. The van der Waals surface area contributed by atoms with E-state index in [-0.39, 0.29) is 11.4 Å². The van der Waals surface area contributed by atoms with Crippen molar-refractivity contribution in [2.45, 2.75) is 0 Å². The second kappa shape index (κ2) is 6.39. The zero-order chi connectivity index (χ0) is 18.1. The highest BCUT2D eigenvalue weighted by atomic mass is 35.5. The van der Waals surface area contributed by atoms with E-state index in [1.54, 1.807) is 18.3 Å². The molecule has 0 spiro atoms. The monoisotopic (exact) mass is 360 g/mol. The molecule has 2 aromatic carbocycles. The zero-order valence-electron chi connectivity index (χ0n) is 13.5. The molecule has 26 heavy (non-hydrogen) atoms. The first kappa shape index (κ1) is 15.9. The number of rotatable bonds is 3. The lowest BCUT2D eigenvalue weighted by Crippen LogP contribution is -2.08. The number of hydrogen-bond acceptors (Lipinski definition) is 5. The van der Waals surface area contributed by atoms with Crippen molar-refractivity contribution in [1.29, 1.82) is 5.26 Å². The number of benzene rings is 2. The Kier molecular flexibility index (Phi) is 3.92. The summed E-state index contributed by atoms with van der Waals surface area (Å²) in [5, 5.41) is 17.6. The first-order valence-electron chi connectivity index (χ1n) is 7.82. The van der Waals surface area contributed by atoms with Crippen LogP contribution in [-0.2, 0) is 0 Å². The van der Waals surface area contributed by atoms with E-state index in [1.807, 2.05) is 42.5 Å². The molecule has 0 aliphatic rings. The number of para-hydroxylation sites is 1. The van der Waals surface area contributed by atoms with E-state index in [9.17, 15) is 5.26 Å². The van der Waals surface area contributed by atoms with Gasteiger partial charge >= 0.3 is 0 Å². The van der Waals surface area contributed by atoms with E-state index < -0.39 is 0 Å². The number of nitrogens with one attached hydrogen (secondary N) is 1. The summed E-state index contributed by atoms with van der Waals surface area (Å²) in [6.07, 6.45) is 1.68. The zero-order valence-corrected chi connectivity index (χ0v) is 14.3. The Morgan fingerprint density at radius 2 is 1.81 bits per heavy atom. The number of aromatic nitrogens is 3. The third kappa shape index (κ3) is 2.70. The van der Waals surface area contributed by atoms with Gasteiger partial charge in [0, 0.05) is 16.3 Å². The molecule has 0 atom stereocenters. The average Bonchev–Trinajstić information content (AvgIpc) is 3.08. The van der Waals surface area contributed by atoms with Crippen LogP contribution in [0.3, 0.4) is 0 Å². The highest BCUT2D eigenvalue weighted by Crippen LogP contribution is 2.30. The number of hydrogen-bond donors (Lipinski definition) is 2. The molecular weight excluding hydrogens is 348 g/mol. The second-order valence-electron chi connectivity index (χ2n) is 5.62. The predicted molar refractivity (Wildman–Crippen MR) is 102 cm³/mol. The first-order chi connectivity index (χ1) is 12.7. The van der Waals surface area contributed by atoms with Gasteiger partial charge in [-0.1, -0.05) is 41.9 Å². The van der Waals surface area contributed by atoms with E-state index in [0.717, 1.165) is 16.8 Å². The molecule has 3 N–H and O–H groups in total. The lowest BCUT2D eigenvalue weighted by atomic mass is 10.1. The quantitative estimate of drug-likeness (QED) is 0.570. The van der Waals surface area contributed by atoms with E-state index in [4.69, 9.17) is 17.3 Å². The number of nitrogen functional groups attached to an aromatic ring is 1. The molecule has 126 valence electrons. The molecule has 0 unspecified atom stereocenters. The third-order valence-electron chi connectivity index (χ3n) is 3.99. The molecule has 0 saturated heterocycles. The van der Waals surface area contributed by atoms with Crippen LogP contribution in [0, 0.1) is 11.3 Å². The van der Waals surface area contributed by atoms with Gasteiger partial charge in [0.2, 0.25) is 0 Å². The molecule has 0 saturated carbocycles. The number of halogens is 1. The van der Waals surface area contributed by atoms with Crippen LogP contribution in [0.4, 0.5) is 17.3 Å². The summed E-state index contributed by atoms with van der Waals surface area (Å²) in [6, 6.07) is 19.0. The molecule has 0 aliphatic carbocycles. The van der Waals surface area contributed by atoms with Crippen molar-refractivity contribution in [2.24, 2.45) is 0 Å². The minimum absolute atomic E-state index is 0.233. The molecule has 2 aromatic heterocycles. The summed E-state index contributed by atoms with van der Waals surface area (Å²) in [4.78, 5) is 4.61. The smallest absolute Gasteiger partial charge is 0.167 e. The highest BCUT2D eigenvalue weighted by Gasteiger charge is 2.17. The van der Waals surface area contributed by atoms with Crippen molar-refractivity contribution in [3.05, 3.63) is 71.4 Å². The van der Waals surface area contributed by atoms with Gasteiger partial charge in [-0.3, -0.25) is 0 Å². The summed E-state index contributed by atoms with van der Waals surface area (Å²) in [6.45, 7) is 0. The van der Waals surface area contributed by atoms with E-state index in [1.165, 1.54) is 4.52 Å². The van der Waals surface area contributed by atoms with E-state index >= 15 is 0 Å².